The van der Waals surface area contributed by atoms with Crippen LogP contribution in [0.4, 0.5) is 0 Å². The van der Waals surface area contributed by atoms with E-state index in [-0.39, 0.29) is 50.9 Å². The maximum absolute atomic E-state index is 14.2. The fourth-order valence-corrected chi connectivity index (χ4v) is 14.2. The molecule has 8 atom stereocenters. The third kappa shape index (κ3) is 5.74. The number of aromatic nitrogens is 2. The zero-order valence-corrected chi connectivity index (χ0v) is 35.9. The number of hydrogen-bond acceptors (Lipinski definition) is 7. The molecule has 9 heteroatoms. The molecule has 8 nitrogen and oxygen atoms in total. The van der Waals surface area contributed by atoms with Crippen LogP contribution in [-0.2, 0) is 31.0 Å². The molecule has 0 radical (unpaired) electrons. The number of benzene rings is 1. The van der Waals surface area contributed by atoms with Crippen LogP contribution in [0, 0.1) is 56.2 Å². The Morgan fingerprint density at radius 3 is 2.25 bits per heavy atom. The number of nitrogens with zero attached hydrogens (tertiary/aromatic N) is 2. The number of halogens is 1. The van der Waals surface area contributed by atoms with E-state index >= 15 is 0 Å². The Morgan fingerprint density at radius 1 is 0.911 bits per heavy atom. The number of rotatable bonds is 9. The summed E-state index contributed by atoms with van der Waals surface area (Å²) < 4.78 is 12.8. The van der Waals surface area contributed by atoms with E-state index in [1.54, 1.807) is 13.8 Å². The first kappa shape index (κ1) is 39.8. The Kier molecular flexibility index (Phi) is 9.24. The number of hydrogen-bond donors (Lipinski definition) is 1. The minimum Gasteiger partial charge on any atom is -0.481 e. The van der Waals surface area contributed by atoms with Gasteiger partial charge in [0, 0.05) is 28.7 Å². The summed E-state index contributed by atoms with van der Waals surface area (Å²) in [6, 6.07) is 8.01. The molecule has 304 valence electrons. The molecule has 8 rings (SSSR count). The largest absolute Gasteiger partial charge is 0.481 e. The molecule has 0 aliphatic heterocycles. The fraction of sp³-hybridized carbons (Fsp3) is 0.723. The molecule has 0 spiro atoms. The summed E-state index contributed by atoms with van der Waals surface area (Å²) in [5.41, 5.74) is 1.87. The van der Waals surface area contributed by atoms with Crippen molar-refractivity contribution in [1.29, 1.82) is 0 Å². The lowest BCUT2D eigenvalue weighted by molar-refractivity contribution is -0.233. The molecule has 1 heterocycles. The monoisotopic (exact) mass is 786 g/mol. The van der Waals surface area contributed by atoms with Crippen LogP contribution in [0.3, 0.4) is 0 Å². The number of Topliss-reactive ketones (excluding diaryl/α,β-unsaturated/α-hetero) is 1. The van der Waals surface area contributed by atoms with Crippen LogP contribution in [-0.4, -0.2) is 39.1 Å². The molecular weight excluding hydrogens is 724 g/mol. The summed E-state index contributed by atoms with van der Waals surface area (Å²) >= 11 is 6.22. The van der Waals surface area contributed by atoms with Gasteiger partial charge >= 0.3 is 11.9 Å². The van der Waals surface area contributed by atoms with Gasteiger partial charge in [-0.2, -0.15) is 0 Å². The second kappa shape index (κ2) is 13.0. The first-order chi connectivity index (χ1) is 26.1. The highest BCUT2D eigenvalue weighted by Gasteiger charge is 2.70. The number of fused-ring (bicyclic) bond motifs is 7. The minimum atomic E-state index is -1.16. The van der Waals surface area contributed by atoms with Crippen LogP contribution >= 0.6 is 11.6 Å². The summed E-state index contributed by atoms with van der Waals surface area (Å²) in [6.07, 6.45) is 10.8. The standard InChI is InChI=1S/C47H63ClN2O6/c1-27(2)37-31(51)24-46(25-35-49-50-39(56-35)47(22-23-47)28-10-12-29(48)13-11-28)21-20-44(8)30(38(37)46)14-15-33-43(7)18-17-34(55-36(52)26-41(3,4)40(53)54)42(5,6)32(43)16-19-45(33,44)9/h10-13,27,30,32-34H,14-26H2,1-9H3,(H,53,54)/t30-,32+,33-,34+,43+,44-,45-,46+/m1/s1. The van der Waals surface area contributed by atoms with E-state index in [0.717, 1.165) is 75.3 Å². The topological polar surface area (TPSA) is 120 Å². The van der Waals surface area contributed by atoms with Gasteiger partial charge in [0.15, 0.2) is 5.78 Å². The molecule has 0 saturated heterocycles. The molecule has 5 saturated carbocycles. The maximum Gasteiger partial charge on any atom is 0.309 e. The highest BCUT2D eigenvalue weighted by Crippen LogP contribution is 2.77. The van der Waals surface area contributed by atoms with E-state index in [1.807, 2.05) is 12.1 Å². The maximum atomic E-state index is 14.2. The Bertz CT molecular complexity index is 1970. The molecular formula is C47H63ClN2O6. The van der Waals surface area contributed by atoms with Crippen molar-refractivity contribution in [3.63, 3.8) is 0 Å². The SMILES string of the molecule is CC(C)C1=C2[C@H]3CC[C@@H]4[C@@]5(C)CC[C@H](OC(=O)CC(C)(C)C(=O)O)C(C)(C)[C@@H]5CC[C@@]4(C)[C@]3(C)CC[C@@]2(Cc2nnc(C3(c4ccc(Cl)cc4)CC3)o2)CC1=O. The van der Waals surface area contributed by atoms with E-state index in [9.17, 15) is 19.5 Å². The fourth-order valence-electron chi connectivity index (χ4n) is 14.1. The third-order valence-corrected chi connectivity index (χ3v) is 17.7. The van der Waals surface area contributed by atoms with E-state index in [2.05, 4.69) is 65.7 Å². The molecule has 2 aromatic rings. The van der Waals surface area contributed by atoms with Gasteiger partial charge in [-0.25, -0.2) is 0 Å². The first-order valence-corrected chi connectivity index (χ1v) is 21.8. The van der Waals surface area contributed by atoms with Crippen LogP contribution in [0.5, 0.6) is 0 Å². The van der Waals surface area contributed by atoms with Crippen molar-refractivity contribution in [3.05, 3.63) is 57.8 Å². The number of ether oxygens (including phenoxy) is 1. The quantitative estimate of drug-likeness (QED) is 0.250. The first-order valence-electron chi connectivity index (χ1n) is 21.4. The van der Waals surface area contributed by atoms with Crippen molar-refractivity contribution in [2.75, 3.05) is 0 Å². The molecule has 6 aliphatic carbocycles. The van der Waals surface area contributed by atoms with Crippen molar-refractivity contribution < 1.29 is 28.6 Å². The predicted molar refractivity (Wildman–Crippen MR) is 215 cm³/mol. The average molecular weight is 787 g/mol. The number of ketones is 1. The Balaban J connectivity index is 1.07. The van der Waals surface area contributed by atoms with Gasteiger partial charge in [-0.15, -0.1) is 10.2 Å². The molecule has 1 N–H and O–H groups in total. The molecule has 5 fully saturated rings. The lowest BCUT2D eigenvalue weighted by atomic mass is 9.33. The molecule has 0 unspecified atom stereocenters. The summed E-state index contributed by atoms with van der Waals surface area (Å²) in [5, 5.41) is 19.7. The second-order valence-electron chi connectivity index (χ2n) is 21.4. The van der Waals surface area contributed by atoms with Gasteiger partial charge in [0.1, 0.15) is 6.10 Å². The van der Waals surface area contributed by atoms with Crippen LogP contribution in [0.2, 0.25) is 5.02 Å². The molecule has 56 heavy (non-hydrogen) atoms. The number of allylic oxidation sites excluding steroid dienone is 2. The van der Waals surface area contributed by atoms with Gasteiger partial charge in [-0.3, -0.25) is 14.4 Å². The van der Waals surface area contributed by atoms with Crippen LogP contribution in [0.25, 0.3) is 0 Å². The van der Waals surface area contributed by atoms with Gasteiger partial charge in [-0.1, -0.05) is 77.8 Å². The van der Waals surface area contributed by atoms with Crippen molar-refractivity contribution in [2.24, 2.45) is 56.2 Å². The Labute approximate surface area is 338 Å². The molecule has 6 aliphatic rings. The van der Waals surface area contributed by atoms with E-state index < -0.39 is 17.4 Å². The molecule has 0 bridgehead atoms. The second-order valence-corrected chi connectivity index (χ2v) is 21.9. The van der Waals surface area contributed by atoms with Gasteiger partial charge in [0.2, 0.25) is 11.8 Å². The number of carboxylic acid groups (broad SMARTS) is 1. The van der Waals surface area contributed by atoms with E-state index in [4.69, 9.17) is 25.9 Å². The van der Waals surface area contributed by atoms with Crippen molar-refractivity contribution in [3.8, 4) is 0 Å². The van der Waals surface area contributed by atoms with Crippen LogP contribution < -0.4 is 0 Å². The van der Waals surface area contributed by atoms with Crippen LogP contribution in [0.15, 0.2) is 39.8 Å². The Morgan fingerprint density at radius 2 is 1.61 bits per heavy atom. The normalized spacial score (nSPS) is 37.0. The zero-order valence-electron chi connectivity index (χ0n) is 35.1. The van der Waals surface area contributed by atoms with Gasteiger partial charge in [0.25, 0.3) is 0 Å². The molecule has 1 aromatic carbocycles. The number of carbonyl (C=O) groups is 3. The van der Waals surface area contributed by atoms with Gasteiger partial charge in [0.05, 0.1) is 17.3 Å². The predicted octanol–water partition coefficient (Wildman–Crippen LogP) is 10.7. The van der Waals surface area contributed by atoms with Crippen molar-refractivity contribution in [2.45, 2.75) is 157 Å². The number of aliphatic carboxylic acids is 1. The van der Waals surface area contributed by atoms with Crippen molar-refractivity contribution in [1.82, 2.24) is 10.2 Å². The Hall–Kier alpha value is -3.00. The number of carbonyl (C=O) groups excluding carboxylic acids is 2. The lowest BCUT2D eigenvalue weighted by Gasteiger charge is -2.72. The average Bonchev–Trinajstić information content (AvgIpc) is 3.68. The number of carboxylic acids is 1. The molecule has 0 amide bonds. The summed E-state index contributed by atoms with van der Waals surface area (Å²) in [5.74, 6) is 1.59. The zero-order chi connectivity index (χ0) is 40.4. The highest BCUT2D eigenvalue weighted by molar-refractivity contribution is 6.30. The summed E-state index contributed by atoms with van der Waals surface area (Å²) in [4.78, 5) is 39.2. The van der Waals surface area contributed by atoms with E-state index in [1.165, 1.54) is 5.57 Å². The van der Waals surface area contributed by atoms with Gasteiger partial charge in [-0.05, 0) is 141 Å². The highest BCUT2D eigenvalue weighted by atomic mass is 35.5. The summed E-state index contributed by atoms with van der Waals surface area (Å²) in [7, 11) is 0. The van der Waals surface area contributed by atoms with Gasteiger partial charge < -0.3 is 14.3 Å². The lowest BCUT2D eigenvalue weighted by Crippen LogP contribution is -2.65. The smallest absolute Gasteiger partial charge is 0.309 e. The number of esters is 1. The van der Waals surface area contributed by atoms with Crippen molar-refractivity contribution >= 4 is 29.3 Å². The van der Waals surface area contributed by atoms with Crippen LogP contribution in [0.1, 0.15) is 157 Å². The summed E-state index contributed by atoms with van der Waals surface area (Å²) in [6.45, 7) is 19.8. The minimum absolute atomic E-state index is 0.0238. The van der Waals surface area contributed by atoms with E-state index in [0.29, 0.717) is 53.2 Å². The third-order valence-electron chi connectivity index (χ3n) is 17.5. The molecule has 1 aromatic heterocycles.